The van der Waals surface area contributed by atoms with Gasteiger partial charge in [-0.15, -0.1) is 0 Å². The van der Waals surface area contributed by atoms with Crippen LogP contribution in [-0.4, -0.2) is 39.3 Å². The molecule has 0 bridgehead atoms. The Morgan fingerprint density at radius 2 is 2.14 bits per heavy atom. The van der Waals surface area contributed by atoms with E-state index in [4.69, 9.17) is 9.47 Å². The summed E-state index contributed by atoms with van der Waals surface area (Å²) in [6, 6.07) is 5.82. The van der Waals surface area contributed by atoms with Crippen LogP contribution in [0.2, 0.25) is 0 Å². The number of rotatable bonds is 10. The minimum Gasteiger partial charge on any atom is -0.482 e. The van der Waals surface area contributed by atoms with E-state index in [9.17, 15) is 4.79 Å². The quantitative estimate of drug-likeness (QED) is 0.628. The lowest BCUT2D eigenvalue weighted by atomic mass is 10.2. The van der Waals surface area contributed by atoms with Crippen molar-refractivity contribution in [3.63, 3.8) is 0 Å². The van der Waals surface area contributed by atoms with Crippen LogP contribution < -0.4 is 15.4 Å². The molecule has 1 aromatic carbocycles. The number of para-hydroxylation sites is 1. The molecule has 0 aliphatic rings. The molecule has 0 spiro atoms. The summed E-state index contributed by atoms with van der Waals surface area (Å²) in [5, 5.41) is 6.06. The molecule has 21 heavy (non-hydrogen) atoms. The molecule has 1 amide bonds. The number of amides is 1. The molecule has 0 fully saturated rings. The highest BCUT2D eigenvalue weighted by Gasteiger charge is 2.10. The minimum absolute atomic E-state index is 0.0215. The zero-order chi connectivity index (χ0) is 15.5. The van der Waals surface area contributed by atoms with E-state index in [1.54, 1.807) is 7.11 Å². The number of benzene rings is 1. The number of halogens is 1. The summed E-state index contributed by atoms with van der Waals surface area (Å²) in [6.45, 7) is 4.79. The smallest absolute Gasteiger partial charge is 0.257 e. The summed E-state index contributed by atoms with van der Waals surface area (Å²) in [7, 11) is 1.67. The molecule has 0 aliphatic heterocycles. The molecule has 0 heterocycles. The van der Waals surface area contributed by atoms with Gasteiger partial charge in [-0.05, 0) is 28.4 Å². The predicted octanol–water partition coefficient (Wildman–Crippen LogP) is 2.09. The first-order chi connectivity index (χ1) is 10.2. The van der Waals surface area contributed by atoms with E-state index >= 15 is 0 Å². The van der Waals surface area contributed by atoms with Crippen LogP contribution >= 0.6 is 15.9 Å². The molecule has 2 N–H and O–H groups in total. The maximum atomic E-state index is 11.6. The molecule has 1 aromatic rings. The van der Waals surface area contributed by atoms with Crippen molar-refractivity contribution in [3.05, 3.63) is 28.2 Å². The molecule has 1 rings (SSSR count). The Balaban J connectivity index is 2.56. The Morgan fingerprint density at radius 1 is 1.33 bits per heavy atom. The van der Waals surface area contributed by atoms with Gasteiger partial charge in [0.05, 0.1) is 11.1 Å². The van der Waals surface area contributed by atoms with Gasteiger partial charge < -0.3 is 20.1 Å². The minimum atomic E-state index is -0.106. The van der Waals surface area contributed by atoms with Crippen molar-refractivity contribution in [2.24, 2.45) is 0 Å². The molecule has 0 radical (unpaired) electrons. The molecule has 0 atom stereocenters. The topological polar surface area (TPSA) is 59.6 Å². The molecule has 0 saturated carbocycles. The Labute approximate surface area is 134 Å². The number of carbonyl (C=O) groups is 1. The van der Waals surface area contributed by atoms with Gasteiger partial charge >= 0.3 is 0 Å². The third-order valence-electron chi connectivity index (χ3n) is 2.77. The van der Waals surface area contributed by atoms with Crippen molar-refractivity contribution in [1.82, 2.24) is 10.6 Å². The number of hydrogen-bond acceptors (Lipinski definition) is 4. The second-order valence-electron chi connectivity index (χ2n) is 4.54. The van der Waals surface area contributed by atoms with Crippen molar-refractivity contribution in [1.29, 1.82) is 0 Å². The van der Waals surface area contributed by atoms with Crippen molar-refractivity contribution in [2.45, 2.75) is 19.9 Å². The average molecular weight is 359 g/mol. The molecule has 0 unspecified atom stereocenters. The van der Waals surface area contributed by atoms with Crippen LogP contribution in [0.5, 0.6) is 5.75 Å². The lowest BCUT2D eigenvalue weighted by Gasteiger charge is -2.14. The predicted molar refractivity (Wildman–Crippen MR) is 86.5 cm³/mol. The monoisotopic (exact) mass is 358 g/mol. The van der Waals surface area contributed by atoms with Crippen LogP contribution in [0.15, 0.2) is 22.7 Å². The molecule has 0 aromatic heterocycles. The standard InChI is InChI=1S/C15H23BrN2O3/c1-3-7-18-14(19)11-21-15-12(5-4-6-13(15)16)10-17-8-9-20-2/h4-6,17H,3,7-11H2,1-2H3,(H,18,19). The zero-order valence-corrected chi connectivity index (χ0v) is 14.2. The molecule has 0 saturated heterocycles. The van der Waals surface area contributed by atoms with Gasteiger partial charge in [-0.2, -0.15) is 0 Å². The SMILES string of the molecule is CCCNC(=O)COc1c(Br)cccc1CNCCOC. The van der Waals surface area contributed by atoms with Crippen molar-refractivity contribution < 1.29 is 14.3 Å². The second kappa shape index (κ2) is 10.6. The van der Waals surface area contributed by atoms with E-state index in [0.717, 1.165) is 23.0 Å². The van der Waals surface area contributed by atoms with Crippen LogP contribution in [-0.2, 0) is 16.1 Å². The van der Waals surface area contributed by atoms with E-state index in [1.807, 2.05) is 25.1 Å². The van der Waals surface area contributed by atoms with Gasteiger partial charge in [0.15, 0.2) is 6.61 Å². The lowest BCUT2D eigenvalue weighted by molar-refractivity contribution is -0.123. The first-order valence-corrected chi connectivity index (χ1v) is 7.84. The molecule has 5 nitrogen and oxygen atoms in total. The molecule has 0 aliphatic carbocycles. The van der Waals surface area contributed by atoms with Gasteiger partial charge in [-0.1, -0.05) is 19.1 Å². The van der Waals surface area contributed by atoms with Gasteiger partial charge in [-0.25, -0.2) is 0 Å². The number of methoxy groups -OCH3 is 1. The fraction of sp³-hybridized carbons (Fsp3) is 0.533. The van der Waals surface area contributed by atoms with Crippen LogP contribution in [0.1, 0.15) is 18.9 Å². The summed E-state index contributed by atoms with van der Waals surface area (Å²) in [5.74, 6) is 0.597. The Kier molecular flexibility index (Phi) is 9.05. The third kappa shape index (κ3) is 6.93. The maximum Gasteiger partial charge on any atom is 0.257 e. The second-order valence-corrected chi connectivity index (χ2v) is 5.39. The van der Waals surface area contributed by atoms with Crippen molar-refractivity contribution >= 4 is 21.8 Å². The number of nitrogens with one attached hydrogen (secondary N) is 2. The van der Waals surface area contributed by atoms with Crippen LogP contribution in [0.25, 0.3) is 0 Å². The van der Waals surface area contributed by atoms with Crippen LogP contribution in [0, 0.1) is 0 Å². The normalized spacial score (nSPS) is 10.4. The van der Waals surface area contributed by atoms with Gasteiger partial charge in [0.2, 0.25) is 0 Å². The molecular formula is C15H23BrN2O3. The fourth-order valence-electron chi connectivity index (χ4n) is 1.70. The summed E-state index contributed by atoms with van der Waals surface area (Å²) in [6.07, 6.45) is 0.912. The average Bonchev–Trinajstić information content (AvgIpc) is 2.48. The maximum absolute atomic E-state index is 11.6. The lowest BCUT2D eigenvalue weighted by Crippen LogP contribution is -2.29. The Bertz CT molecular complexity index is 441. The van der Waals surface area contributed by atoms with Gasteiger partial charge in [0, 0.05) is 32.3 Å². The third-order valence-corrected chi connectivity index (χ3v) is 3.39. The highest BCUT2D eigenvalue weighted by atomic mass is 79.9. The molecule has 118 valence electrons. The fourth-order valence-corrected chi connectivity index (χ4v) is 2.23. The van der Waals surface area contributed by atoms with Crippen molar-refractivity contribution in [3.8, 4) is 5.75 Å². The van der Waals surface area contributed by atoms with Crippen LogP contribution in [0.3, 0.4) is 0 Å². The van der Waals surface area contributed by atoms with E-state index < -0.39 is 0 Å². The summed E-state index contributed by atoms with van der Waals surface area (Å²) < 4.78 is 11.5. The highest BCUT2D eigenvalue weighted by Crippen LogP contribution is 2.29. The van der Waals surface area contributed by atoms with Gasteiger partial charge in [-0.3, -0.25) is 4.79 Å². The first kappa shape index (κ1) is 17.9. The van der Waals surface area contributed by atoms with Crippen LogP contribution in [0.4, 0.5) is 0 Å². The van der Waals surface area contributed by atoms with Gasteiger partial charge in [0.1, 0.15) is 5.75 Å². The number of ether oxygens (including phenoxy) is 2. The largest absolute Gasteiger partial charge is 0.482 e. The first-order valence-electron chi connectivity index (χ1n) is 7.05. The molecule has 6 heteroatoms. The molecular weight excluding hydrogens is 336 g/mol. The Morgan fingerprint density at radius 3 is 2.86 bits per heavy atom. The van der Waals surface area contributed by atoms with E-state index in [-0.39, 0.29) is 12.5 Å². The summed E-state index contributed by atoms with van der Waals surface area (Å²) in [5.41, 5.74) is 1.00. The zero-order valence-electron chi connectivity index (χ0n) is 12.6. The number of hydrogen-bond donors (Lipinski definition) is 2. The van der Waals surface area contributed by atoms with E-state index in [0.29, 0.717) is 25.4 Å². The van der Waals surface area contributed by atoms with Crippen molar-refractivity contribution in [2.75, 3.05) is 33.4 Å². The Hall–Kier alpha value is -1.11. The summed E-state index contributed by atoms with van der Waals surface area (Å²) in [4.78, 5) is 11.6. The summed E-state index contributed by atoms with van der Waals surface area (Å²) >= 11 is 3.46. The van der Waals surface area contributed by atoms with Gasteiger partial charge in [0.25, 0.3) is 5.91 Å². The number of carbonyl (C=O) groups excluding carboxylic acids is 1. The van der Waals surface area contributed by atoms with E-state index in [1.165, 1.54) is 0 Å². The highest BCUT2D eigenvalue weighted by molar-refractivity contribution is 9.10. The van der Waals surface area contributed by atoms with E-state index in [2.05, 4.69) is 26.6 Å².